The Kier molecular flexibility index (Phi) is 8.08. The van der Waals surface area contributed by atoms with Gasteiger partial charge in [0.05, 0.1) is 26.0 Å². The van der Waals surface area contributed by atoms with Gasteiger partial charge in [-0.3, -0.25) is 14.3 Å². The van der Waals surface area contributed by atoms with Crippen LogP contribution >= 0.6 is 11.8 Å². The van der Waals surface area contributed by atoms with Gasteiger partial charge < -0.3 is 14.8 Å². The van der Waals surface area contributed by atoms with Crippen molar-refractivity contribution in [3.05, 3.63) is 54.4 Å². The van der Waals surface area contributed by atoms with E-state index in [0.29, 0.717) is 22.3 Å². The lowest BCUT2D eigenvalue weighted by Crippen LogP contribution is -2.30. The van der Waals surface area contributed by atoms with Crippen LogP contribution in [0, 0.1) is 0 Å². The number of para-hydroxylation sites is 1. The van der Waals surface area contributed by atoms with Crippen molar-refractivity contribution in [1.29, 1.82) is 0 Å². The Bertz CT molecular complexity index is 1080. The van der Waals surface area contributed by atoms with Crippen LogP contribution in [0.5, 0.6) is 11.5 Å². The number of piperidine rings is 1. The Morgan fingerprint density at radius 2 is 1.71 bits per heavy atom. The van der Waals surface area contributed by atoms with E-state index in [1.165, 1.54) is 31.0 Å². The summed E-state index contributed by atoms with van der Waals surface area (Å²) in [5, 5.41) is 12.2. The first-order valence-electron chi connectivity index (χ1n) is 11.5. The fraction of sp³-hybridized carbons (Fsp3) is 0.400. The lowest BCUT2D eigenvalue weighted by atomic mass is 10.1. The van der Waals surface area contributed by atoms with Gasteiger partial charge in [0.15, 0.2) is 11.0 Å². The summed E-state index contributed by atoms with van der Waals surface area (Å²) in [4.78, 5) is 15.4. The van der Waals surface area contributed by atoms with Crippen LogP contribution in [0.15, 0.2) is 53.7 Å². The number of aromatic nitrogens is 3. The molecule has 0 unspecified atom stereocenters. The third-order valence-corrected chi connectivity index (χ3v) is 6.84. The van der Waals surface area contributed by atoms with Gasteiger partial charge in [0.1, 0.15) is 11.5 Å². The summed E-state index contributed by atoms with van der Waals surface area (Å²) in [7, 11) is 3.16. The van der Waals surface area contributed by atoms with E-state index >= 15 is 0 Å². The Hall–Kier alpha value is -3.04. The second kappa shape index (κ2) is 11.4. The molecule has 1 aliphatic rings. The van der Waals surface area contributed by atoms with Gasteiger partial charge >= 0.3 is 0 Å². The first-order chi connectivity index (χ1) is 16.6. The molecular formula is C25H31N5O3S. The van der Waals surface area contributed by atoms with E-state index in [1.807, 2.05) is 37.3 Å². The monoisotopic (exact) mass is 481 g/mol. The van der Waals surface area contributed by atoms with Crippen molar-refractivity contribution in [1.82, 2.24) is 19.7 Å². The molecule has 1 aromatic heterocycles. The maximum Gasteiger partial charge on any atom is 0.237 e. The number of hydrogen-bond acceptors (Lipinski definition) is 7. The molecule has 9 heteroatoms. The van der Waals surface area contributed by atoms with Crippen molar-refractivity contribution < 1.29 is 14.3 Å². The number of carbonyl (C=O) groups excluding carboxylic acids is 1. The van der Waals surface area contributed by atoms with Crippen LogP contribution in [0.4, 0.5) is 5.69 Å². The molecule has 4 rings (SSSR count). The number of anilines is 1. The summed E-state index contributed by atoms with van der Waals surface area (Å²) in [5.74, 6) is 1.98. The summed E-state index contributed by atoms with van der Waals surface area (Å²) >= 11 is 1.39. The molecule has 34 heavy (non-hydrogen) atoms. The van der Waals surface area contributed by atoms with E-state index in [1.54, 1.807) is 32.4 Å². The van der Waals surface area contributed by atoms with Crippen molar-refractivity contribution in [2.45, 2.75) is 43.1 Å². The van der Waals surface area contributed by atoms with Gasteiger partial charge in [-0.25, -0.2) is 0 Å². The quantitative estimate of drug-likeness (QED) is 0.454. The number of carbonyl (C=O) groups is 1. The largest absolute Gasteiger partial charge is 0.497 e. The van der Waals surface area contributed by atoms with Crippen molar-refractivity contribution in [3.8, 4) is 17.2 Å². The standard InChI is InChI=1S/C25H31N5O3S/c1-18(24(31)26-19-14-21(32-2)16-22(15-19)33-3)34-25-28-27-23(17-29-12-8-5-9-13-29)30(25)20-10-6-4-7-11-20/h4,6-7,10-11,14-16,18H,5,8-9,12-13,17H2,1-3H3,(H,26,31)/t18-/m0/s1. The summed E-state index contributed by atoms with van der Waals surface area (Å²) in [5.41, 5.74) is 1.61. The lowest BCUT2D eigenvalue weighted by molar-refractivity contribution is -0.115. The Balaban J connectivity index is 1.53. The molecule has 0 bridgehead atoms. The topological polar surface area (TPSA) is 81.5 Å². The molecule has 0 saturated carbocycles. The average Bonchev–Trinajstić information content (AvgIpc) is 3.26. The first-order valence-corrected chi connectivity index (χ1v) is 12.4. The highest BCUT2D eigenvalue weighted by Crippen LogP contribution is 2.29. The van der Waals surface area contributed by atoms with Gasteiger partial charge in [0.25, 0.3) is 0 Å². The normalized spacial score (nSPS) is 15.0. The highest BCUT2D eigenvalue weighted by molar-refractivity contribution is 8.00. The van der Waals surface area contributed by atoms with Crippen LogP contribution in [0.25, 0.3) is 5.69 Å². The van der Waals surface area contributed by atoms with Crippen LogP contribution in [-0.4, -0.2) is 58.1 Å². The fourth-order valence-electron chi connectivity index (χ4n) is 3.97. The van der Waals surface area contributed by atoms with Gasteiger partial charge in [-0.1, -0.05) is 36.4 Å². The number of amides is 1. The lowest BCUT2D eigenvalue weighted by Gasteiger charge is -2.26. The molecule has 0 radical (unpaired) electrons. The van der Waals surface area contributed by atoms with E-state index in [-0.39, 0.29) is 5.91 Å². The van der Waals surface area contributed by atoms with Crippen LogP contribution in [-0.2, 0) is 11.3 Å². The molecule has 1 amide bonds. The van der Waals surface area contributed by atoms with Gasteiger partial charge in [0.2, 0.25) is 5.91 Å². The zero-order valence-electron chi connectivity index (χ0n) is 19.9. The number of thioether (sulfide) groups is 1. The number of nitrogens with one attached hydrogen (secondary N) is 1. The molecule has 3 aromatic rings. The number of ether oxygens (including phenoxy) is 2. The second-order valence-electron chi connectivity index (χ2n) is 8.26. The predicted octanol–water partition coefficient (Wildman–Crippen LogP) is 4.39. The zero-order valence-corrected chi connectivity index (χ0v) is 20.7. The van der Waals surface area contributed by atoms with Gasteiger partial charge in [-0.15, -0.1) is 10.2 Å². The van der Waals surface area contributed by atoms with Crippen molar-refractivity contribution in [2.75, 3.05) is 32.6 Å². The molecule has 1 N–H and O–H groups in total. The highest BCUT2D eigenvalue weighted by atomic mass is 32.2. The first kappa shape index (κ1) is 24.1. The maximum absolute atomic E-state index is 13.0. The number of benzene rings is 2. The van der Waals surface area contributed by atoms with E-state index in [2.05, 4.69) is 25.0 Å². The molecule has 0 aliphatic carbocycles. The second-order valence-corrected chi connectivity index (χ2v) is 9.57. The minimum absolute atomic E-state index is 0.138. The number of nitrogens with zero attached hydrogens (tertiary/aromatic N) is 4. The minimum atomic E-state index is -0.397. The molecular weight excluding hydrogens is 450 g/mol. The maximum atomic E-state index is 13.0. The van der Waals surface area contributed by atoms with Gasteiger partial charge in [-0.05, 0) is 45.0 Å². The Labute approximate surface area is 204 Å². The third-order valence-electron chi connectivity index (χ3n) is 5.80. The summed E-state index contributed by atoms with van der Waals surface area (Å²) in [6, 6.07) is 15.4. The molecule has 1 atom stereocenters. The third kappa shape index (κ3) is 5.90. The van der Waals surface area contributed by atoms with Crippen molar-refractivity contribution in [3.63, 3.8) is 0 Å². The van der Waals surface area contributed by atoms with Crippen LogP contribution < -0.4 is 14.8 Å². The van der Waals surface area contributed by atoms with Gasteiger partial charge in [-0.2, -0.15) is 0 Å². The van der Waals surface area contributed by atoms with E-state index in [4.69, 9.17) is 9.47 Å². The fourth-order valence-corrected chi connectivity index (χ4v) is 4.85. The molecule has 8 nitrogen and oxygen atoms in total. The summed E-state index contributed by atoms with van der Waals surface area (Å²) in [6.07, 6.45) is 3.72. The smallest absolute Gasteiger partial charge is 0.237 e. The molecule has 1 saturated heterocycles. The van der Waals surface area contributed by atoms with E-state index < -0.39 is 5.25 Å². The predicted molar refractivity (Wildman–Crippen MR) is 134 cm³/mol. The van der Waals surface area contributed by atoms with Crippen LogP contribution in [0.1, 0.15) is 32.0 Å². The number of likely N-dealkylation sites (tertiary alicyclic amines) is 1. The molecule has 180 valence electrons. The van der Waals surface area contributed by atoms with E-state index in [0.717, 1.165) is 31.1 Å². The number of methoxy groups -OCH3 is 2. The van der Waals surface area contributed by atoms with Crippen molar-refractivity contribution in [2.24, 2.45) is 0 Å². The van der Waals surface area contributed by atoms with Crippen LogP contribution in [0.2, 0.25) is 0 Å². The molecule has 2 heterocycles. The van der Waals surface area contributed by atoms with E-state index in [9.17, 15) is 4.79 Å². The summed E-state index contributed by atoms with van der Waals surface area (Å²) < 4.78 is 12.7. The minimum Gasteiger partial charge on any atom is -0.497 e. The molecule has 1 fully saturated rings. The Morgan fingerprint density at radius 1 is 1.03 bits per heavy atom. The zero-order chi connectivity index (χ0) is 23.9. The molecule has 2 aromatic carbocycles. The average molecular weight is 482 g/mol. The number of rotatable bonds is 9. The van der Waals surface area contributed by atoms with Crippen molar-refractivity contribution >= 4 is 23.4 Å². The Morgan fingerprint density at radius 3 is 2.35 bits per heavy atom. The number of hydrogen-bond donors (Lipinski definition) is 1. The molecule has 1 aliphatic heterocycles. The SMILES string of the molecule is COc1cc(NC(=O)[C@H](C)Sc2nnc(CN3CCCCC3)n2-c2ccccc2)cc(OC)c1. The van der Waals surface area contributed by atoms with Gasteiger partial charge in [0, 0.05) is 29.6 Å². The van der Waals surface area contributed by atoms with Crippen LogP contribution in [0.3, 0.4) is 0 Å². The summed E-state index contributed by atoms with van der Waals surface area (Å²) in [6.45, 7) is 4.76. The highest BCUT2D eigenvalue weighted by Gasteiger charge is 2.23. The molecule has 0 spiro atoms.